The van der Waals surface area contributed by atoms with E-state index in [2.05, 4.69) is 17.5 Å². The number of fused-ring (bicyclic) bond motifs is 1. The van der Waals surface area contributed by atoms with Crippen LogP contribution in [0.4, 0.5) is 0 Å². The molecular formula is C14H18N2O. The highest BCUT2D eigenvalue weighted by atomic mass is 16.5. The van der Waals surface area contributed by atoms with Crippen molar-refractivity contribution in [2.45, 2.75) is 31.7 Å². The van der Waals surface area contributed by atoms with E-state index >= 15 is 0 Å². The minimum atomic E-state index is -0.531. The van der Waals surface area contributed by atoms with Crippen molar-refractivity contribution in [3.8, 4) is 11.8 Å². The molecule has 3 nitrogen and oxygen atoms in total. The van der Waals surface area contributed by atoms with Crippen molar-refractivity contribution in [2.24, 2.45) is 0 Å². The Balaban J connectivity index is 2.51. The van der Waals surface area contributed by atoms with Gasteiger partial charge < -0.3 is 4.74 Å². The van der Waals surface area contributed by atoms with E-state index in [-0.39, 0.29) is 0 Å². The van der Waals surface area contributed by atoms with Crippen LogP contribution < -0.4 is 10.1 Å². The van der Waals surface area contributed by atoms with Crippen LogP contribution >= 0.6 is 0 Å². The average Bonchev–Trinajstić information content (AvgIpc) is 2.39. The van der Waals surface area contributed by atoms with Crippen molar-refractivity contribution in [2.75, 3.05) is 13.7 Å². The van der Waals surface area contributed by atoms with Crippen molar-refractivity contribution in [3.05, 3.63) is 29.3 Å². The number of rotatable bonds is 3. The second kappa shape index (κ2) is 4.77. The van der Waals surface area contributed by atoms with Gasteiger partial charge in [-0.2, -0.15) is 5.26 Å². The average molecular weight is 230 g/mol. The normalized spacial score (nSPS) is 22.6. The van der Waals surface area contributed by atoms with Crippen molar-refractivity contribution in [3.63, 3.8) is 0 Å². The molecular weight excluding hydrogens is 212 g/mol. The number of ether oxygens (including phenoxy) is 1. The molecule has 1 unspecified atom stereocenters. The van der Waals surface area contributed by atoms with Crippen LogP contribution in [0.2, 0.25) is 0 Å². The smallest absolute Gasteiger partial charge is 0.132 e. The van der Waals surface area contributed by atoms with Gasteiger partial charge in [0.1, 0.15) is 11.3 Å². The van der Waals surface area contributed by atoms with Gasteiger partial charge in [-0.15, -0.1) is 0 Å². The Morgan fingerprint density at radius 3 is 3.00 bits per heavy atom. The Labute approximate surface area is 102 Å². The fourth-order valence-electron chi connectivity index (χ4n) is 2.62. The summed E-state index contributed by atoms with van der Waals surface area (Å²) in [5.74, 6) is 0.822. The molecule has 1 N–H and O–H groups in total. The number of aryl methyl sites for hydroxylation is 1. The van der Waals surface area contributed by atoms with Gasteiger partial charge in [-0.1, -0.05) is 13.0 Å². The predicted octanol–water partition coefficient (Wildman–Crippen LogP) is 2.36. The Morgan fingerprint density at radius 1 is 1.53 bits per heavy atom. The first-order valence-electron chi connectivity index (χ1n) is 6.09. The summed E-state index contributed by atoms with van der Waals surface area (Å²) >= 11 is 0. The van der Waals surface area contributed by atoms with Crippen molar-refractivity contribution >= 4 is 0 Å². The molecule has 0 heterocycles. The molecule has 0 aliphatic heterocycles. The van der Waals surface area contributed by atoms with Crippen LogP contribution in [0.3, 0.4) is 0 Å². The number of hydrogen-bond donors (Lipinski definition) is 1. The Bertz CT molecular complexity index is 450. The predicted molar refractivity (Wildman–Crippen MR) is 66.9 cm³/mol. The first kappa shape index (κ1) is 11.9. The maximum absolute atomic E-state index is 9.53. The van der Waals surface area contributed by atoms with E-state index in [9.17, 15) is 5.26 Å². The minimum Gasteiger partial charge on any atom is -0.497 e. The van der Waals surface area contributed by atoms with Crippen LogP contribution in [0.5, 0.6) is 5.75 Å². The zero-order valence-electron chi connectivity index (χ0n) is 10.4. The fourth-order valence-corrected chi connectivity index (χ4v) is 2.62. The van der Waals surface area contributed by atoms with Gasteiger partial charge in [0.25, 0.3) is 0 Å². The van der Waals surface area contributed by atoms with Crippen molar-refractivity contribution in [1.29, 1.82) is 5.26 Å². The molecule has 0 aromatic heterocycles. The van der Waals surface area contributed by atoms with E-state index in [0.29, 0.717) is 0 Å². The third-order valence-electron chi connectivity index (χ3n) is 3.44. The van der Waals surface area contributed by atoms with Gasteiger partial charge in [-0.3, -0.25) is 5.32 Å². The van der Waals surface area contributed by atoms with Crippen LogP contribution in [-0.4, -0.2) is 13.7 Å². The molecule has 1 atom stereocenters. The first-order chi connectivity index (χ1) is 8.25. The topological polar surface area (TPSA) is 45.0 Å². The molecule has 1 aromatic rings. The summed E-state index contributed by atoms with van der Waals surface area (Å²) in [4.78, 5) is 0. The van der Waals surface area contributed by atoms with Crippen molar-refractivity contribution < 1.29 is 4.74 Å². The summed E-state index contributed by atoms with van der Waals surface area (Å²) < 4.78 is 5.26. The number of methoxy groups -OCH3 is 1. The lowest BCUT2D eigenvalue weighted by Crippen LogP contribution is -2.43. The molecule has 90 valence electrons. The number of nitrogens with zero attached hydrogens (tertiary/aromatic N) is 1. The maximum atomic E-state index is 9.53. The highest BCUT2D eigenvalue weighted by Crippen LogP contribution is 2.36. The largest absolute Gasteiger partial charge is 0.497 e. The number of benzene rings is 1. The van der Waals surface area contributed by atoms with Gasteiger partial charge >= 0.3 is 0 Å². The molecule has 0 spiro atoms. The summed E-state index contributed by atoms with van der Waals surface area (Å²) in [7, 11) is 1.66. The summed E-state index contributed by atoms with van der Waals surface area (Å²) in [6, 6.07) is 8.51. The Morgan fingerprint density at radius 2 is 2.35 bits per heavy atom. The molecule has 1 aromatic carbocycles. The first-order valence-corrected chi connectivity index (χ1v) is 6.09. The van der Waals surface area contributed by atoms with E-state index in [0.717, 1.165) is 37.1 Å². The molecule has 1 aliphatic rings. The van der Waals surface area contributed by atoms with Crippen LogP contribution in [0.15, 0.2) is 18.2 Å². The molecule has 2 rings (SSSR count). The molecule has 0 fully saturated rings. The number of nitrogens with one attached hydrogen (secondary N) is 1. The summed E-state index contributed by atoms with van der Waals surface area (Å²) in [6.45, 7) is 2.83. The quantitative estimate of drug-likeness (QED) is 0.867. The third-order valence-corrected chi connectivity index (χ3v) is 3.44. The zero-order valence-corrected chi connectivity index (χ0v) is 10.4. The lowest BCUT2D eigenvalue weighted by Gasteiger charge is -2.34. The van der Waals surface area contributed by atoms with Gasteiger partial charge in [-0.25, -0.2) is 0 Å². The van der Waals surface area contributed by atoms with Crippen LogP contribution in [0, 0.1) is 11.3 Å². The second-order valence-corrected chi connectivity index (χ2v) is 4.42. The SMILES string of the molecule is CCNC1(C#N)CCCc2ccc(OC)cc21. The monoisotopic (exact) mass is 230 g/mol. The van der Waals surface area contributed by atoms with Gasteiger partial charge in [-0.05, 0) is 49.1 Å². The lowest BCUT2D eigenvalue weighted by atomic mass is 9.77. The van der Waals surface area contributed by atoms with E-state index in [1.54, 1.807) is 7.11 Å². The molecule has 0 bridgehead atoms. The summed E-state index contributed by atoms with van der Waals surface area (Å²) in [5.41, 5.74) is 1.82. The van der Waals surface area contributed by atoms with Gasteiger partial charge in [0.2, 0.25) is 0 Å². The van der Waals surface area contributed by atoms with Gasteiger partial charge in [0.05, 0.1) is 13.2 Å². The summed E-state index contributed by atoms with van der Waals surface area (Å²) in [6.07, 6.45) is 2.98. The van der Waals surface area contributed by atoms with Gasteiger partial charge in [0.15, 0.2) is 0 Å². The number of nitriles is 1. The van der Waals surface area contributed by atoms with Crippen LogP contribution in [0.1, 0.15) is 30.9 Å². The molecule has 17 heavy (non-hydrogen) atoms. The van der Waals surface area contributed by atoms with Crippen LogP contribution in [0.25, 0.3) is 0 Å². The minimum absolute atomic E-state index is 0.531. The van der Waals surface area contributed by atoms with Gasteiger partial charge in [0, 0.05) is 0 Å². The zero-order chi connectivity index (χ0) is 12.3. The molecule has 0 radical (unpaired) electrons. The van der Waals surface area contributed by atoms with E-state index < -0.39 is 5.54 Å². The summed E-state index contributed by atoms with van der Waals surface area (Å²) in [5, 5.41) is 12.9. The molecule has 1 aliphatic carbocycles. The van der Waals surface area contributed by atoms with Crippen LogP contribution in [-0.2, 0) is 12.0 Å². The lowest BCUT2D eigenvalue weighted by molar-refractivity contribution is 0.368. The van der Waals surface area contributed by atoms with E-state index in [1.807, 2.05) is 19.1 Å². The van der Waals surface area contributed by atoms with Crippen molar-refractivity contribution in [1.82, 2.24) is 5.32 Å². The standard InChI is InChI=1S/C14H18N2O/c1-3-16-14(10-15)8-4-5-11-6-7-12(17-2)9-13(11)14/h6-7,9,16H,3-5,8H2,1-2H3. The Hall–Kier alpha value is -1.53. The number of hydrogen-bond acceptors (Lipinski definition) is 3. The molecule has 0 saturated carbocycles. The fraction of sp³-hybridized carbons (Fsp3) is 0.500. The molecule has 0 saturated heterocycles. The maximum Gasteiger partial charge on any atom is 0.132 e. The molecule has 0 amide bonds. The highest BCUT2D eigenvalue weighted by molar-refractivity contribution is 5.45. The Kier molecular flexibility index (Phi) is 3.35. The molecule has 3 heteroatoms. The second-order valence-electron chi connectivity index (χ2n) is 4.42. The van der Waals surface area contributed by atoms with E-state index in [4.69, 9.17) is 4.74 Å². The van der Waals surface area contributed by atoms with E-state index in [1.165, 1.54) is 5.56 Å². The third kappa shape index (κ3) is 2.01. The highest BCUT2D eigenvalue weighted by Gasteiger charge is 2.36.